The van der Waals surface area contributed by atoms with Crippen LogP contribution in [0.3, 0.4) is 0 Å². The standard InChI is InChI=1S/C22H18N2O2/c25-20-18-16-8-9-17(22(16)10-11-22)19(18)21(26)24(20)23-12-14-6-3-5-13-4-1-2-7-15(13)14/h1-9,12,16-19H,10-11H2/b23-12-/t16-,17-,18-,19-/m1/s1. The van der Waals surface area contributed by atoms with E-state index in [9.17, 15) is 9.59 Å². The molecule has 4 nitrogen and oxygen atoms in total. The summed E-state index contributed by atoms with van der Waals surface area (Å²) in [6, 6.07) is 14.0. The largest absolute Gasteiger partial charge is 0.272 e. The van der Waals surface area contributed by atoms with Crippen LogP contribution in [0.25, 0.3) is 10.8 Å². The zero-order valence-corrected chi connectivity index (χ0v) is 14.2. The highest BCUT2D eigenvalue weighted by atomic mass is 16.2. The summed E-state index contributed by atoms with van der Waals surface area (Å²) < 4.78 is 0. The number of hydrogen-bond acceptors (Lipinski definition) is 3. The van der Waals surface area contributed by atoms with Crippen LogP contribution in [-0.4, -0.2) is 23.0 Å². The molecule has 6 rings (SSSR count). The molecule has 2 amide bonds. The molecule has 1 spiro atoms. The maximum Gasteiger partial charge on any atom is 0.254 e. The van der Waals surface area contributed by atoms with Crippen molar-refractivity contribution in [1.29, 1.82) is 0 Å². The molecule has 0 radical (unpaired) electrons. The Kier molecular flexibility index (Phi) is 2.61. The van der Waals surface area contributed by atoms with Gasteiger partial charge in [-0.2, -0.15) is 10.1 Å². The summed E-state index contributed by atoms with van der Waals surface area (Å²) in [5.74, 6) is -0.119. The van der Waals surface area contributed by atoms with E-state index in [-0.39, 0.29) is 40.9 Å². The number of nitrogens with zero attached hydrogens (tertiary/aromatic N) is 2. The molecule has 0 aromatic heterocycles. The van der Waals surface area contributed by atoms with Gasteiger partial charge in [0, 0.05) is 5.56 Å². The van der Waals surface area contributed by atoms with Gasteiger partial charge in [-0.1, -0.05) is 54.6 Å². The van der Waals surface area contributed by atoms with Gasteiger partial charge in [0.25, 0.3) is 11.8 Å². The summed E-state index contributed by atoms with van der Waals surface area (Å²) in [6.07, 6.45) is 8.33. The second-order valence-corrected chi connectivity index (χ2v) is 8.02. The van der Waals surface area contributed by atoms with Gasteiger partial charge in [0.1, 0.15) is 0 Å². The molecule has 0 N–H and O–H groups in total. The molecule has 128 valence electrons. The first-order chi connectivity index (χ1) is 12.7. The molecule has 0 unspecified atom stereocenters. The SMILES string of the molecule is O=C1[C@H]2[C@H](C(=O)N1/N=C\c1cccc3ccccc13)[C@H]1C=C[C@H]2C12CC2. The van der Waals surface area contributed by atoms with Gasteiger partial charge in [-0.05, 0) is 40.9 Å². The lowest BCUT2D eigenvalue weighted by Crippen LogP contribution is -2.30. The first kappa shape index (κ1) is 14.4. The number of hydrogen-bond donors (Lipinski definition) is 0. The second-order valence-electron chi connectivity index (χ2n) is 8.02. The Morgan fingerprint density at radius 1 is 0.923 bits per heavy atom. The molecule has 2 aromatic rings. The molecule has 4 atom stereocenters. The zero-order chi connectivity index (χ0) is 17.5. The molecule has 2 aromatic carbocycles. The van der Waals surface area contributed by atoms with Crippen LogP contribution in [0.1, 0.15) is 18.4 Å². The first-order valence-electron chi connectivity index (χ1n) is 9.29. The van der Waals surface area contributed by atoms with Crippen molar-refractivity contribution < 1.29 is 9.59 Å². The molecule has 4 aliphatic rings. The highest BCUT2D eigenvalue weighted by Gasteiger charge is 2.73. The molecule has 3 fully saturated rings. The molecule has 1 saturated heterocycles. The van der Waals surface area contributed by atoms with Crippen LogP contribution >= 0.6 is 0 Å². The molecule has 26 heavy (non-hydrogen) atoms. The molecular weight excluding hydrogens is 324 g/mol. The van der Waals surface area contributed by atoms with E-state index < -0.39 is 0 Å². The Balaban J connectivity index is 1.35. The average Bonchev–Trinajstić information content (AvgIpc) is 3.27. The summed E-state index contributed by atoms with van der Waals surface area (Å²) in [4.78, 5) is 25.9. The Labute approximate surface area is 151 Å². The number of hydrazone groups is 1. The highest BCUT2D eigenvalue weighted by Crippen LogP contribution is 2.73. The van der Waals surface area contributed by atoms with Crippen LogP contribution in [-0.2, 0) is 9.59 Å². The highest BCUT2D eigenvalue weighted by molar-refractivity contribution is 6.08. The number of fused-ring (bicyclic) bond motifs is 4. The van der Waals surface area contributed by atoms with Crippen LogP contribution in [0, 0.1) is 29.1 Å². The van der Waals surface area contributed by atoms with E-state index in [1.807, 2.05) is 42.5 Å². The van der Waals surface area contributed by atoms with E-state index in [2.05, 4.69) is 17.3 Å². The molecule has 3 aliphatic carbocycles. The Hall–Kier alpha value is -2.75. The van der Waals surface area contributed by atoms with E-state index >= 15 is 0 Å². The minimum atomic E-state index is -0.190. The van der Waals surface area contributed by atoms with Gasteiger partial charge in [-0.3, -0.25) is 9.59 Å². The van der Waals surface area contributed by atoms with E-state index in [1.54, 1.807) is 6.21 Å². The van der Waals surface area contributed by atoms with Gasteiger partial charge in [0.2, 0.25) is 0 Å². The fraction of sp³-hybridized carbons (Fsp3) is 0.318. The monoisotopic (exact) mass is 342 g/mol. The van der Waals surface area contributed by atoms with Crippen LogP contribution in [0.4, 0.5) is 0 Å². The van der Waals surface area contributed by atoms with Gasteiger partial charge < -0.3 is 0 Å². The average molecular weight is 342 g/mol. The molecule has 4 heteroatoms. The van der Waals surface area contributed by atoms with Gasteiger partial charge >= 0.3 is 0 Å². The van der Waals surface area contributed by atoms with Crippen LogP contribution < -0.4 is 0 Å². The molecular formula is C22H18N2O2. The van der Waals surface area contributed by atoms with Crippen LogP contribution in [0.2, 0.25) is 0 Å². The maximum absolute atomic E-state index is 12.9. The number of amides is 2. The first-order valence-corrected chi connectivity index (χ1v) is 9.29. The zero-order valence-electron chi connectivity index (χ0n) is 14.2. The third-order valence-corrected chi connectivity index (χ3v) is 6.96. The second kappa shape index (κ2) is 4.70. The Morgan fingerprint density at radius 3 is 2.27 bits per heavy atom. The maximum atomic E-state index is 12.9. The smallest absolute Gasteiger partial charge is 0.254 e. The van der Waals surface area contributed by atoms with Crippen molar-refractivity contribution in [3.05, 3.63) is 60.2 Å². The number of rotatable bonds is 2. The van der Waals surface area contributed by atoms with Crippen molar-refractivity contribution in [2.75, 3.05) is 0 Å². The van der Waals surface area contributed by atoms with E-state index in [4.69, 9.17) is 0 Å². The summed E-state index contributed by atoms with van der Waals surface area (Å²) >= 11 is 0. The Morgan fingerprint density at radius 2 is 1.58 bits per heavy atom. The van der Waals surface area contributed by atoms with Gasteiger partial charge in [-0.15, -0.1) is 0 Å². The third kappa shape index (κ3) is 1.62. The van der Waals surface area contributed by atoms with E-state index in [0.29, 0.717) is 0 Å². The molecule has 2 saturated carbocycles. The summed E-state index contributed by atoms with van der Waals surface area (Å²) in [7, 11) is 0. The number of allylic oxidation sites excluding steroid dienone is 2. The van der Waals surface area contributed by atoms with Crippen LogP contribution in [0.5, 0.6) is 0 Å². The fourth-order valence-electron chi connectivity index (χ4n) is 5.66. The lowest BCUT2D eigenvalue weighted by molar-refractivity contribution is -0.141. The number of imide groups is 1. The predicted molar refractivity (Wildman–Crippen MR) is 98.2 cm³/mol. The molecule has 2 bridgehead atoms. The molecule has 1 heterocycles. The lowest BCUT2D eigenvalue weighted by atomic mass is 9.85. The van der Waals surface area contributed by atoms with Crippen molar-refractivity contribution in [1.82, 2.24) is 5.01 Å². The van der Waals surface area contributed by atoms with Crippen molar-refractivity contribution in [2.24, 2.45) is 34.2 Å². The predicted octanol–water partition coefficient (Wildman–Crippen LogP) is 3.37. The number of carbonyl (C=O) groups excluding carboxylic acids is 2. The topological polar surface area (TPSA) is 49.7 Å². The summed E-state index contributed by atoms with van der Waals surface area (Å²) in [5.41, 5.74) is 1.15. The van der Waals surface area contributed by atoms with E-state index in [1.165, 1.54) is 0 Å². The van der Waals surface area contributed by atoms with Crippen molar-refractivity contribution in [3.63, 3.8) is 0 Å². The van der Waals surface area contributed by atoms with Crippen molar-refractivity contribution in [3.8, 4) is 0 Å². The Bertz CT molecular complexity index is 994. The van der Waals surface area contributed by atoms with Gasteiger partial charge in [-0.25, -0.2) is 0 Å². The number of carbonyl (C=O) groups is 2. The lowest BCUT2D eigenvalue weighted by Gasteiger charge is -2.18. The normalized spacial score (nSPS) is 33.2. The quantitative estimate of drug-likeness (QED) is 0.477. The van der Waals surface area contributed by atoms with Gasteiger partial charge in [0.15, 0.2) is 0 Å². The van der Waals surface area contributed by atoms with Crippen molar-refractivity contribution >= 4 is 28.8 Å². The number of benzene rings is 2. The summed E-state index contributed by atoms with van der Waals surface area (Å²) in [5, 5.41) is 7.66. The summed E-state index contributed by atoms with van der Waals surface area (Å²) in [6.45, 7) is 0. The van der Waals surface area contributed by atoms with E-state index in [0.717, 1.165) is 34.2 Å². The molecule has 1 aliphatic heterocycles. The van der Waals surface area contributed by atoms with Crippen molar-refractivity contribution in [2.45, 2.75) is 12.8 Å². The minimum Gasteiger partial charge on any atom is -0.272 e. The third-order valence-electron chi connectivity index (χ3n) is 6.96. The van der Waals surface area contributed by atoms with Crippen LogP contribution in [0.15, 0.2) is 59.7 Å². The fourth-order valence-corrected chi connectivity index (χ4v) is 5.66. The van der Waals surface area contributed by atoms with Gasteiger partial charge in [0.05, 0.1) is 18.1 Å². The minimum absolute atomic E-state index is 0.111.